The van der Waals surface area contributed by atoms with Gasteiger partial charge in [-0.25, -0.2) is 4.98 Å². The van der Waals surface area contributed by atoms with Gasteiger partial charge in [0.05, 0.1) is 0 Å². The Hall–Kier alpha value is -3.57. The molecule has 0 saturated carbocycles. The number of amides is 1. The van der Waals surface area contributed by atoms with E-state index in [1.807, 2.05) is 72.8 Å². The van der Waals surface area contributed by atoms with Crippen LogP contribution in [-0.4, -0.2) is 27.6 Å². The first-order valence-electron chi connectivity index (χ1n) is 10.1. The highest BCUT2D eigenvalue weighted by molar-refractivity contribution is 6.30. The fourth-order valence-corrected chi connectivity index (χ4v) is 3.98. The smallest absolute Gasteiger partial charge is 0.227 e. The maximum atomic E-state index is 12.7. The van der Waals surface area contributed by atoms with Gasteiger partial charge >= 0.3 is 0 Å². The van der Waals surface area contributed by atoms with E-state index in [1.165, 1.54) is 0 Å². The molecule has 1 amide bonds. The summed E-state index contributed by atoms with van der Waals surface area (Å²) in [6, 6.07) is 27.2. The SMILES string of the molecule is O=C1CC(c2nnc(-c3ccccc3)c(-c3ccccc3)n2)CN1c1ccc(Cl)cc1. The lowest BCUT2D eigenvalue weighted by Gasteiger charge is -2.17. The van der Waals surface area contributed by atoms with E-state index in [9.17, 15) is 4.79 Å². The number of rotatable bonds is 4. The largest absolute Gasteiger partial charge is 0.312 e. The van der Waals surface area contributed by atoms with E-state index in [2.05, 4.69) is 10.2 Å². The normalized spacial score (nSPS) is 16.0. The van der Waals surface area contributed by atoms with Gasteiger partial charge in [0.1, 0.15) is 11.4 Å². The van der Waals surface area contributed by atoms with Crippen molar-refractivity contribution in [1.29, 1.82) is 0 Å². The van der Waals surface area contributed by atoms with Gasteiger partial charge in [-0.2, -0.15) is 0 Å². The third-order valence-corrected chi connectivity index (χ3v) is 5.68. The highest BCUT2D eigenvalue weighted by Crippen LogP contribution is 2.33. The predicted octanol–water partition coefficient (Wildman–Crippen LogP) is 5.38. The Bertz CT molecular complexity index is 1210. The minimum Gasteiger partial charge on any atom is -0.312 e. The van der Waals surface area contributed by atoms with E-state index in [0.717, 1.165) is 28.2 Å². The topological polar surface area (TPSA) is 59.0 Å². The van der Waals surface area contributed by atoms with Crippen molar-refractivity contribution in [2.24, 2.45) is 0 Å². The molecular formula is C25H19ClN4O. The summed E-state index contributed by atoms with van der Waals surface area (Å²) in [5.74, 6) is 0.510. The van der Waals surface area contributed by atoms with Gasteiger partial charge < -0.3 is 4.90 Å². The predicted molar refractivity (Wildman–Crippen MR) is 122 cm³/mol. The van der Waals surface area contributed by atoms with Crippen LogP contribution in [0, 0.1) is 0 Å². The second-order valence-corrected chi connectivity index (χ2v) is 7.92. The number of hydrogen-bond donors (Lipinski definition) is 0. The van der Waals surface area contributed by atoms with Crippen molar-refractivity contribution in [2.75, 3.05) is 11.4 Å². The van der Waals surface area contributed by atoms with Crippen molar-refractivity contribution >= 4 is 23.2 Å². The lowest BCUT2D eigenvalue weighted by Crippen LogP contribution is -2.24. The van der Waals surface area contributed by atoms with E-state index in [-0.39, 0.29) is 11.8 Å². The van der Waals surface area contributed by atoms with Crippen LogP contribution in [0.2, 0.25) is 5.02 Å². The Labute approximate surface area is 185 Å². The van der Waals surface area contributed by atoms with E-state index < -0.39 is 0 Å². The van der Waals surface area contributed by atoms with Crippen LogP contribution in [0.4, 0.5) is 5.69 Å². The zero-order chi connectivity index (χ0) is 21.2. The van der Waals surface area contributed by atoms with Crippen molar-refractivity contribution in [1.82, 2.24) is 15.2 Å². The van der Waals surface area contributed by atoms with Crippen LogP contribution in [0.5, 0.6) is 0 Å². The van der Waals surface area contributed by atoms with Crippen LogP contribution < -0.4 is 4.90 Å². The van der Waals surface area contributed by atoms with Crippen LogP contribution in [0.15, 0.2) is 84.9 Å². The first-order chi connectivity index (χ1) is 15.2. The van der Waals surface area contributed by atoms with Crippen molar-refractivity contribution in [2.45, 2.75) is 12.3 Å². The number of anilines is 1. The second kappa shape index (κ2) is 8.28. The minimum atomic E-state index is -0.122. The van der Waals surface area contributed by atoms with Crippen LogP contribution in [0.1, 0.15) is 18.2 Å². The molecule has 1 saturated heterocycles. The Morgan fingerprint density at radius 1 is 0.774 bits per heavy atom. The van der Waals surface area contributed by atoms with Crippen molar-refractivity contribution in [3.05, 3.63) is 95.8 Å². The molecule has 1 unspecified atom stereocenters. The maximum Gasteiger partial charge on any atom is 0.227 e. The lowest BCUT2D eigenvalue weighted by molar-refractivity contribution is -0.117. The van der Waals surface area contributed by atoms with E-state index >= 15 is 0 Å². The Kier molecular flexibility index (Phi) is 5.18. The molecule has 0 N–H and O–H groups in total. The average molecular weight is 427 g/mol. The first-order valence-corrected chi connectivity index (χ1v) is 10.5. The standard InChI is InChI=1S/C25H19ClN4O/c26-20-11-13-21(14-12-20)30-16-19(15-22(30)31)25-27-23(17-7-3-1-4-8-17)24(28-29-25)18-9-5-2-6-10-18/h1-14,19H,15-16H2. The maximum absolute atomic E-state index is 12.7. The molecular weight excluding hydrogens is 408 g/mol. The first kappa shape index (κ1) is 19.4. The monoisotopic (exact) mass is 426 g/mol. The summed E-state index contributed by atoms with van der Waals surface area (Å²) in [6.07, 6.45) is 0.350. The van der Waals surface area contributed by atoms with Crippen LogP contribution in [0.25, 0.3) is 22.5 Å². The molecule has 1 fully saturated rings. The van der Waals surface area contributed by atoms with Gasteiger partial charge in [0.2, 0.25) is 5.91 Å². The molecule has 1 aromatic heterocycles. The number of hydrogen-bond acceptors (Lipinski definition) is 4. The van der Waals surface area contributed by atoms with Gasteiger partial charge in [-0.15, -0.1) is 10.2 Å². The number of aromatic nitrogens is 3. The van der Waals surface area contributed by atoms with Gasteiger partial charge in [0.25, 0.3) is 0 Å². The molecule has 1 aliphatic heterocycles. The molecule has 4 aromatic rings. The zero-order valence-corrected chi connectivity index (χ0v) is 17.4. The molecule has 5 nitrogen and oxygen atoms in total. The fourth-order valence-electron chi connectivity index (χ4n) is 3.85. The van der Waals surface area contributed by atoms with Crippen LogP contribution in [0.3, 0.4) is 0 Å². The van der Waals surface area contributed by atoms with Gasteiger partial charge in [0.15, 0.2) is 5.82 Å². The zero-order valence-electron chi connectivity index (χ0n) is 16.6. The molecule has 0 radical (unpaired) electrons. The number of carbonyl (C=O) groups is 1. The summed E-state index contributed by atoms with van der Waals surface area (Å²) in [6.45, 7) is 0.515. The van der Waals surface area contributed by atoms with Crippen molar-refractivity contribution < 1.29 is 4.79 Å². The molecule has 5 rings (SSSR count). The number of halogens is 1. The highest BCUT2D eigenvalue weighted by atomic mass is 35.5. The molecule has 1 atom stereocenters. The second-order valence-electron chi connectivity index (χ2n) is 7.48. The van der Waals surface area contributed by atoms with Gasteiger partial charge in [-0.3, -0.25) is 4.79 Å². The minimum absolute atomic E-state index is 0.0457. The summed E-state index contributed by atoms with van der Waals surface area (Å²) in [4.78, 5) is 19.4. The Morgan fingerprint density at radius 2 is 1.39 bits per heavy atom. The molecule has 152 valence electrons. The van der Waals surface area contributed by atoms with E-state index in [1.54, 1.807) is 17.0 Å². The van der Waals surface area contributed by atoms with Gasteiger partial charge in [0, 0.05) is 40.7 Å². The van der Waals surface area contributed by atoms with Gasteiger partial charge in [-0.1, -0.05) is 72.3 Å². The molecule has 2 heterocycles. The number of nitrogens with zero attached hydrogens (tertiary/aromatic N) is 4. The Balaban J connectivity index is 1.52. The van der Waals surface area contributed by atoms with Gasteiger partial charge in [-0.05, 0) is 24.3 Å². The molecule has 0 spiro atoms. The van der Waals surface area contributed by atoms with Crippen LogP contribution in [-0.2, 0) is 4.79 Å². The molecule has 0 aliphatic carbocycles. The number of carbonyl (C=O) groups excluding carboxylic acids is 1. The van der Waals surface area contributed by atoms with E-state index in [0.29, 0.717) is 23.8 Å². The van der Waals surface area contributed by atoms with Crippen molar-refractivity contribution in [3.8, 4) is 22.5 Å². The molecule has 6 heteroatoms. The lowest BCUT2D eigenvalue weighted by atomic mass is 10.0. The summed E-state index contributed by atoms with van der Waals surface area (Å²) < 4.78 is 0. The third kappa shape index (κ3) is 3.92. The quantitative estimate of drug-likeness (QED) is 0.439. The average Bonchev–Trinajstić information content (AvgIpc) is 3.22. The van der Waals surface area contributed by atoms with Crippen LogP contribution >= 0.6 is 11.6 Å². The summed E-state index contributed by atoms with van der Waals surface area (Å²) >= 11 is 5.99. The number of benzene rings is 3. The fraction of sp³-hybridized carbons (Fsp3) is 0.120. The van der Waals surface area contributed by atoms with E-state index in [4.69, 9.17) is 16.6 Å². The molecule has 0 bridgehead atoms. The molecule has 1 aliphatic rings. The highest BCUT2D eigenvalue weighted by Gasteiger charge is 2.34. The summed E-state index contributed by atoms with van der Waals surface area (Å²) in [7, 11) is 0. The summed E-state index contributed by atoms with van der Waals surface area (Å²) in [5, 5.41) is 9.63. The Morgan fingerprint density at radius 3 is 2.03 bits per heavy atom. The van der Waals surface area contributed by atoms with Crippen molar-refractivity contribution in [3.63, 3.8) is 0 Å². The molecule has 3 aromatic carbocycles. The molecule has 31 heavy (non-hydrogen) atoms. The summed E-state index contributed by atoms with van der Waals surface area (Å²) in [5.41, 5.74) is 4.26. The third-order valence-electron chi connectivity index (χ3n) is 5.43.